The van der Waals surface area contributed by atoms with E-state index in [4.69, 9.17) is 0 Å². The van der Waals surface area contributed by atoms with Crippen molar-refractivity contribution in [2.75, 3.05) is 6.54 Å². The van der Waals surface area contributed by atoms with E-state index in [9.17, 15) is 9.59 Å². The molecular weight excluding hydrogens is 338 g/mol. The Labute approximate surface area is 162 Å². The van der Waals surface area contributed by atoms with E-state index in [2.05, 4.69) is 0 Å². The zero-order chi connectivity index (χ0) is 20.0. The van der Waals surface area contributed by atoms with Crippen LogP contribution in [0.4, 0.5) is 0 Å². The van der Waals surface area contributed by atoms with Crippen LogP contribution >= 0.6 is 0 Å². The predicted molar refractivity (Wildman–Crippen MR) is 108 cm³/mol. The molecule has 146 valence electrons. The topological polar surface area (TPSA) is 45.6 Å². The number of nitrogens with zero attached hydrogens (tertiary/aromatic N) is 3. The fourth-order valence-electron chi connectivity index (χ4n) is 2.98. The van der Waals surface area contributed by atoms with E-state index < -0.39 is 0 Å². The van der Waals surface area contributed by atoms with E-state index in [1.165, 1.54) is 0 Å². The Morgan fingerprint density at radius 2 is 1.63 bits per heavy atom. The van der Waals surface area contributed by atoms with Gasteiger partial charge in [0.2, 0.25) is 11.8 Å². The highest BCUT2D eigenvalue weighted by Gasteiger charge is 2.25. The van der Waals surface area contributed by atoms with Gasteiger partial charge in [0.1, 0.15) is 6.54 Å². The minimum Gasteiger partial charge on any atom is -0.353 e. The average molecular weight is 370 g/mol. The van der Waals surface area contributed by atoms with Gasteiger partial charge in [-0.25, -0.2) is 0 Å². The molecule has 0 bridgehead atoms. The van der Waals surface area contributed by atoms with Gasteiger partial charge >= 0.3 is 0 Å². The number of amides is 2. The first-order valence-electron chi connectivity index (χ1n) is 9.52. The zero-order valence-electron chi connectivity index (χ0n) is 17.1. The molecule has 0 aliphatic carbocycles. The van der Waals surface area contributed by atoms with Crippen molar-refractivity contribution in [3.8, 4) is 0 Å². The molecule has 5 nitrogen and oxygen atoms in total. The van der Waals surface area contributed by atoms with Gasteiger partial charge in [0.15, 0.2) is 0 Å². The van der Waals surface area contributed by atoms with Crippen molar-refractivity contribution >= 4 is 11.8 Å². The Morgan fingerprint density at radius 1 is 0.963 bits per heavy atom. The first-order chi connectivity index (χ1) is 12.8. The molecule has 0 atom stereocenters. The summed E-state index contributed by atoms with van der Waals surface area (Å²) in [6.45, 7) is 8.78. The van der Waals surface area contributed by atoms with E-state index in [-0.39, 0.29) is 30.3 Å². The molecule has 2 aromatic rings. The third-order valence-corrected chi connectivity index (χ3v) is 4.68. The maximum Gasteiger partial charge on any atom is 0.242 e. The molecule has 2 rings (SSSR count). The smallest absolute Gasteiger partial charge is 0.242 e. The van der Waals surface area contributed by atoms with Crippen LogP contribution in [0.1, 0.15) is 39.0 Å². The van der Waals surface area contributed by atoms with Crippen molar-refractivity contribution in [2.24, 2.45) is 13.0 Å². The fourth-order valence-corrected chi connectivity index (χ4v) is 2.98. The monoisotopic (exact) mass is 369 g/mol. The summed E-state index contributed by atoms with van der Waals surface area (Å²) in [4.78, 5) is 29.2. The van der Waals surface area contributed by atoms with Crippen LogP contribution in [0.25, 0.3) is 0 Å². The molecule has 0 aliphatic heterocycles. The van der Waals surface area contributed by atoms with Gasteiger partial charge in [-0.15, -0.1) is 0 Å². The highest BCUT2D eigenvalue weighted by Crippen LogP contribution is 2.13. The predicted octanol–water partition coefficient (Wildman–Crippen LogP) is 3.45. The third kappa shape index (κ3) is 5.71. The summed E-state index contributed by atoms with van der Waals surface area (Å²) in [5, 5.41) is 0. The molecule has 0 spiro atoms. The fraction of sp³-hybridized carbons (Fsp3) is 0.455. The lowest BCUT2D eigenvalue weighted by molar-refractivity contribution is -0.144. The second-order valence-corrected chi connectivity index (χ2v) is 7.56. The number of aryl methyl sites for hydroxylation is 1. The summed E-state index contributed by atoms with van der Waals surface area (Å²) in [6.07, 6.45) is 1.98. The summed E-state index contributed by atoms with van der Waals surface area (Å²) in [5.74, 6) is -0.157. The third-order valence-electron chi connectivity index (χ3n) is 4.68. The molecule has 0 radical (unpaired) electrons. The molecule has 0 N–H and O–H groups in total. The van der Waals surface area contributed by atoms with Crippen LogP contribution in [0.5, 0.6) is 0 Å². The standard InChI is InChI=1S/C22H31N3O2/c1-17(2)22(27)25(18(3)4)16-21(26)24(14-19-10-7-6-8-11-19)15-20-12-9-13-23(20)5/h6-13,17-18H,14-16H2,1-5H3. The molecule has 2 amide bonds. The van der Waals surface area contributed by atoms with Crippen molar-refractivity contribution in [3.63, 3.8) is 0 Å². The summed E-state index contributed by atoms with van der Waals surface area (Å²) in [7, 11) is 1.98. The number of hydrogen-bond acceptors (Lipinski definition) is 2. The number of carbonyl (C=O) groups excluding carboxylic acids is 2. The lowest BCUT2D eigenvalue weighted by Gasteiger charge is -2.31. The van der Waals surface area contributed by atoms with Crippen molar-refractivity contribution in [1.82, 2.24) is 14.4 Å². The molecule has 27 heavy (non-hydrogen) atoms. The summed E-state index contributed by atoms with van der Waals surface area (Å²) >= 11 is 0. The molecule has 1 aromatic carbocycles. The van der Waals surface area contributed by atoms with Crippen molar-refractivity contribution in [3.05, 3.63) is 59.9 Å². The maximum absolute atomic E-state index is 13.1. The van der Waals surface area contributed by atoms with Crippen molar-refractivity contribution in [1.29, 1.82) is 0 Å². The van der Waals surface area contributed by atoms with Gasteiger partial charge in [-0.05, 0) is 31.5 Å². The number of hydrogen-bond donors (Lipinski definition) is 0. The van der Waals surface area contributed by atoms with Gasteiger partial charge in [-0.2, -0.15) is 0 Å². The minimum atomic E-state index is -0.129. The second kappa shape index (κ2) is 9.40. The van der Waals surface area contributed by atoms with Gasteiger partial charge in [-0.3, -0.25) is 9.59 Å². The Bertz CT molecular complexity index is 750. The summed E-state index contributed by atoms with van der Waals surface area (Å²) in [5.41, 5.74) is 2.14. The molecule has 0 unspecified atom stereocenters. The number of rotatable bonds is 8. The molecular formula is C22H31N3O2. The molecule has 0 aliphatic rings. The van der Waals surface area contributed by atoms with Gasteiger partial charge < -0.3 is 14.4 Å². The van der Waals surface area contributed by atoms with Gasteiger partial charge in [0.25, 0.3) is 0 Å². The highest BCUT2D eigenvalue weighted by atomic mass is 16.2. The normalized spacial score (nSPS) is 11.1. The summed E-state index contributed by atoms with van der Waals surface area (Å²) < 4.78 is 2.02. The maximum atomic E-state index is 13.1. The second-order valence-electron chi connectivity index (χ2n) is 7.56. The largest absolute Gasteiger partial charge is 0.353 e. The average Bonchev–Trinajstić information content (AvgIpc) is 3.03. The Balaban J connectivity index is 2.21. The van der Waals surface area contributed by atoms with Crippen LogP contribution in [0.2, 0.25) is 0 Å². The van der Waals surface area contributed by atoms with Crippen LogP contribution in [0.15, 0.2) is 48.7 Å². The first-order valence-corrected chi connectivity index (χ1v) is 9.52. The van der Waals surface area contributed by atoms with Crippen molar-refractivity contribution in [2.45, 2.75) is 46.8 Å². The minimum absolute atomic E-state index is 0.0110. The van der Waals surface area contributed by atoms with E-state index >= 15 is 0 Å². The molecule has 0 saturated heterocycles. The van der Waals surface area contributed by atoms with Gasteiger partial charge in [0, 0.05) is 37.4 Å². The zero-order valence-corrected chi connectivity index (χ0v) is 17.1. The lowest BCUT2D eigenvalue weighted by atomic mass is 10.1. The lowest BCUT2D eigenvalue weighted by Crippen LogP contribution is -2.47. The first kappa shape index (κ1) is 20.7. The van der Waals surface area contributed by atoms with Crippen LogP contribution < -0.4 is 0 Å². The molecule has 5 heteroatoms. The van der Waals surface area contributed by atoms with Crippen LogP contribution in [0.3, 0.4) is 0 Å². The Morgan fingerprint density at radius 3 is 2.15 bits per heavy atom. The van der Waals surface area contributed by atoms with Crippen LogP contribution in [-0.2, 0) is 29.7 Å². The van der Waals surface area contributed by atoms with Crippen molar-refractivity contribution < 1.29 is 9.59 Å². The van der Waals surface area contributed by atoms with E-state index in [1.807, 2.05) is 92.9 Å². The quantitative estimate of drug-likeness (QED) is 0.715. The van der Waals surface area contributed by atoms with E-state index in [1.54, 1.807) is 4.90 Å². The summed E-state index contributed by atoms with van der Waals surface area (Å²) in [6, 6.07) is 13.9. The van der Waals surface area contributed by atoms with E-state index in [0.717, 1.165) is 11.3 Å². The van der Waals surface area contributed by atoms with E-state index in [0.29, 0.717) is 13.1 Å². The van der Waals surface area contributed by atoms with Gasteiger partial charge in [-0.1, -0.05) is 44.2 Å². The van der Waals surface area contributed by atoms with Crippen LogP contribution in [0, 0.1) is 5.92 Å². The Kier molecular flexibility index (Phi) is 7.22. The SMILES string of the molecule is CC(C)C(=O)N(CC(=O)N(Cc1ccccc1)Cc1cccn1C)C(C)C. The molecule has 0 fully saturated rings. The number of carbonyl (C=O) groups is 2. The number of benzene rings is 1. The molecule has 1 aromatic heterocycles. The van der Waals surface area contributed by atoms with Crippen LogP contribution in [-0.4, -0.2) is 38.8 Å². The van der Waals surface area contributed by atoms with Gasteiger partial charge in [0.05, 0.1) is 6.54 Å². The Hall–Kier alpha value is -2.56. The number of aromatic nitrogens is 1. The molecule has 1 heterocycles. The molecule has 0 saturated carbocycles. The highest BCUT2D eigenvalue weighted by molar-refractivity contribution is 5.85.